The van der Waals surface area contributed by atoms with Crippen molar-refractivity contribution in [3.8, 4) is 0 Å². The number of nitrogens with zero attached hydrogens (tertiary/aromatic N) is 3. The van der Waals surface area contributed by atoms with Crippen molar-refractivity contribution in [1.29, 1.82) is 0 Å². The molecule has 0 unspecified atom stereocenters. The maximum absolute atomic E-state index is 5.43. The van der Waals surface area contributed by atoms with Gasteiger partial charge in [0, 0.05) is 31.0 Å². The smallest absolute Gasteiger partial charge is 0.129 e. The lowest BCUT2D eigenvalue weighted by atomic mass is 10.5. The second kappa shape index (κ2) is 9.99. The van der Waals surface area contributed by atoms with Crippen LogP contribution in [0.1, 0.15) is 0 Å². The average molecular weight is 261 g/mol. The third-order valence-electron chi connectivity index (χ3n) is 1.60. The minimum Gasteiger partial charge on any atom is -0.351 e. The van der Waals surface area contributed by atoms with E-state index in [0.717, 1.165) is 0 Å². The quantitative estimate of drug-likeness (QED) is 0.632. The van der Waals surface area contributed by atoms with Gasteiger partial charge in [0.05, 0.1) is 6.33 Å². The SMILES string of the molecule is Clc1ccccn1.c1c[nH]cn1.c1ccncc1. The van der Waals surface area contributed by atoms with Gasteiger partial charge in [-0.3, -0.25) is 4.98 Å². The molecule has 3 heterocycles. The van der Waals surface area contributed by atoms with Crippen LogP contribution in [-0.4, -0.2) is 19.9 Å². The summed E-state index contributed by atoms with van der Waals surface area (Å²) in [5, 5.41) is 0.544. The highest BCUT2D eigenvalue weighted by atomic mass is 35.5. The van der Waals surface area contributed by atoms with Crippen LogP contribution in [0, 0.1) is 0 Å². The molecule has 0 aliphatic rings. The largest absolute Gasteiger partial charge is 0.351 e. The molecule has 0 aliphatic carbocycles. The number of hydrogen-bond acceptors (Lipinski definition) is 3. The zero-order valence-electron chi connectivity index (χ0n) is 9.65. The molecule has 0 amide bonds. The van der Waals surface area contributed by atoms with Crippen LogP contribution in [0.25, 0.3) is 0 Å². The summed E-state index contributed by atoms with van der Waals surface area (Å²) in [4.78, 5) is 13.9. The highest BCUT2D eigenvalue weighted by molar-refractivity contribution is 6.29. The van der Waals surface area contributed by atoms with Gasteiger partial charge in [0.2, 0.25) is 0 Å². The first-order valence-electron chi connectivity index (χ1n) is 5.24. The Kier molecular flexibility index (Phi) is 7.69. The van der Waals surface area contributed by atoms with Crippen molar-refractivity contribution in [2.24, 2.45) is 0 Å². The summed E-state index contributed by atoms with van der Waals surface area (Å²) in [5.41, 5.74) is 0. The van der Waals surface area contributed by atoms with Crippen LogP contribution in [0.3, 0.4) is 0 Å². The Hall–Kier alpha value is -2.20. The fourth-order valence-corrected chi connectivity index (χ4v) is 0.999. The summed E-state index contributed by atoms with van der Waals surface area (Å²) in [6.45, 7) is 0. The van der Waals surface area contributed by atoms with Crippen LogP contribution in [0.15, 0.2) is 73.7 Å². The van der Waals surface area contributed by atoms with Gasteiger partial charge in [-0.15, -0.1) is 0 Å². The first-order valence-corrected chi connectivity index (χ1v) is 5.61. The normalized spacial score (nSPS) is 8.28. The fourth-order valence-electron chi connectivity index (χ4n) is 0.870. The zero-order chi connectivity index (χ0) is 12.9. The van der Waals surface area contributed by atoms with E-state index in [9.17, 15) is 0 Å². The van der Waals surface area contributed by atoms with Gasteiger partial charge in [0.25, 0.3) is 0 Å². The summed E-state index contributed by atoms with van der Waals surface area (Å²) >= 11 is 5.43. The maximum Gasteiger partial charge on any atom is 0.129 e. The highest BCUT2D eigenvalue weighted by Gasteiger charge is 1.76. The molecule has 18 heavy (non-hydrogen) atoms. The molecule has 92 valence electrons. The minimum atomic E-state index is 0.544. The molecule has 3 aromatic heterocycles. The van der Waals surface area contributed by atoms with Crippen LogP contribution < -0.4 is 0 Å². The fraction of sp³-hybridized carbons (Fsp3) is 0. The molecular weight excluding hydrogens is 248 g/mol. The van der Waals surface area contributed by atoms with E-state index in [-0.39, 0.29) is 0 Å². The van der Waals surface area contributed by atoms with Gasteiger partial charge in [0.15, 0.2) is 0 Å². The maximum atomic E-state index is 5.43. The topological polar surface area (TPSA) is 54.5 Å². The van der Waals surface area contributed by atoms with Crippen molar-refractivity contribution in [1.82, 2.24) is 19.9 Å². The van der Waals surface area contributed by atoms with E-state index in [2.05, 4.69) is 19.9 Å². The number of aromatic nitrogens is 4. The van der Waals surface area contributed by atoms with Crippen LogP contribution >= 0.6 is 11.6 Å². The lowest BCUT2D eigenvalue weighted by Crippen LogP contribution is -1.65. The number of pyridine rings is 2. The number of aromatic amines is 1. The molecule has 3 rings (SSSR count). The van der Waals surface area contributed by atoms with Crippen molar-refractivity contribution < 1.29 is 0 Å². The number of H-pyrrole nitrogens is 1. The molecule has 0 spiro atoms. The van der Waals surface area contributed by atoms with Gasteiger partial charge < -0.3 is 4.98 Å². The van der Waals surface area contributed by atoms with Crippen LogP contribution in [0.4, 0.5) is 0 Å². The molecule has 0 atom stereocenters. The Balaban J connectivity index is 0.000000137. The molecule has 0 aromatic carbocycles. The van der Waals surface area contributed by atoms with E-state index >= 15 is 0 Å². The zero-order valence-corrected chi connectivity index (χ0v) is 10.4. The third-order valence-corrected chi connectivity index (χ3v) is 1.82. The number of halogens is 1. The summed E-state index contributed by atoms with van der Waals surface area (Å²) in [7, 11) is 0. The summed E-state index contributed by atoms with van der Waals surface area (Å²) in [6.07, 6.45) is 10.2. The van der Waals surface area contributed by atoms with Crippen LogP contribution in [0.2, 0.25) is 5.15 Å². The second-order valence-electron chi connectivity index (χ2n) is 2.94. The van der Waals surface area contributed by atoms with Crippen molar-refractivity contribution in [3.63, 3.8) is 0 Å². The summed E-state index contributed by atoms with van der Waals surface area (Å²) in [5.74, 6) is 0. The molecule has 1 N–H and O–H groups in total. The molecule has 3 aromatic rings. The van der Waals surface area contributed by atoms with E-state index < -0.39 is 0 Å². The van der Waals surface area contributed by atoms with Crippen LogP contribution in [-0.2, 0) is 0 Å². The van der Waals surface area contributed by atoms with Crippen molar-refractivity contribution in [2.45, 2.75) is 0 Å². The van der Waals surface area contributed by atoms with Gasteiger partial charge in [-0.2, -0.15) is 0 Å². The standard InChI is InChI=1S/C5H4ClN.C5H5N.C3H4N2/c6-5-3-1-2-4-7-5;1-2-4-6-5-3-1;1-2-5-3-4-1/h1-4H;1-5H;1-3H,(H,4,5). The third kappa shape index (κ3) is 8.01. The molecule has 0 aliphatic heterocycles. The Bertz CT molecular complexity index is 427. The summed E-state index contributed by atoms with van der Waals surface area (Å²) < 4.78 is 0. The number of imidazole rings is 1. The van der Waals surface area contributed by atoms with E-state index in [0.29, 0.717) is 5.15 Å². The molecule has 0 radical (unpaired) electrons. The first kappa shape index (κ1) is 13.9. The van der Waals surface area contributed by atoms with E-state index in [4.69, 9.17) is 11.6 Å². The van der Waals surface area contributed by atoms with E-state index in [1.807, 2.05) is 30.3 Å². The second-order valence-corrected chi connectivity index (χ2v) is 3.32. The number of rotatable bonds is 0. The van der Waals surface area contributed by atoms with Gasteiger partial charge in [-0.1, -0.05) is 23.7 Å². The Labute approximate surface area is 111 Å². The highest BCUT2D eigenvalue weighted by Crippen LogP contribution is 1.98. The van der Waals surface area contributed by atoms with Crippen LogP contribution in [0.5, 0.6) is 0 Å². The molecule has 5 heteroatoms. The van der Waals surface area contributed by atoms with Gasteiger partial charge in [-0.05, 0) is 24.3 Å². The lowest BCUT2D eigenvalue weighted by Gasteiger charge is -1.79. The van der Waals surface area contributed by atoms with Gasteiger partial charge >= 0.3 is 0 Å². The minimum absolute atomic E-state index is 0.544. The van der Waals surface area contributed by atoms with Gasteiger partial charge in [-0.25, -0.2) is 9.97 Å². The van der Waals surface area contributed by atoms with Crippen molar-refractivity contribution in [3.05, 3.63) is 78.9 Å². The first-order chi connectivity index (χ1) is 8.89. The number of hydrogen-bond donors (Lipinski definition) is 1. The Morgan fingerprint density at radius 2 is 1.61 bits per heavy atom. The average Bonchev–Trinajstić information content (AvgIpc) is 3.01. The molecule has 0 saturated heterocycles. The molecule has 0 bridgehead atoms. The predicted octanol–water partition coefficient (Wildman–Crippen LogP) is 3.23. The Morgan fingerprint density at radius 3 is 1.83 bits per heavy atom. The number of nitrogens with one attached hydrogen (secondary N) is 1. The van der Waals surface area contributed by atoms with E-state index in [1.165, 1.54) is 0 Å². The monoisotopic (exact) mass is 260 g/mol. The summed E-state index contributed by atoms with van der Waals surface area (Å²) in [6, 6.07) is 11.1. The van der Waals surface area contributed by atoms with E-state index in [1.54, 1.807) is 43.4 Å². The lowest BCUT2D eigenvalue weighted by molar-refractivity contribution is 1.31. The molecule has 0 fully saturated rings. The molecule has 4 nitrogen and oxygen atoms in total. The molecular formula is C13H13ClN4. The molecule has 0 saturated carbocycles. The van der Waals surface area contributed by atoms with Gasteiger partial charge in [0.1, 0.15) is 5.15 Å². The Morgan fingerprint density at radius 1 is 0.833 bits per heavy atom. The van der Waals surface area contributed by atoms with Crippen molar-refractivity contribution in [2.75, 3.05) is 0 Å². The van der Waals surface area contributed by atoms with Crippen molar-refractivity contribution >= 4 is 11.6 Å². The predicted molar refractivity (Wildman–Crippen MR) is 72.1 cm³/mol.